The van der Waals surface area contributed by atoms with Crippen LogP contribution in [0.15, 0.2) is 39.1 Å². The summed E-state index contributed by atoms with van der Waals surface area (Å²) >= 11 is 1.64. The molecule has 0 N–H and O–H groups in total. The van der Waals surface area contributed by atoms with Crippen molar-refractivity contribution in [1.29, 1.82) is 0 Å². The van der Waals surface area contributed by atoms with Crippen molar-refractivity contribution in [2.75, 3.05) is 26.2 Å². The highest BCUT2D eigenvalue weighted by molar-refractivity contribution is 7.89. The lowest BCUT2D eigenvalue weighted by Gasteiger charge is -2.33. The smallest absolute Gasteiger partial charge is 0.248 e. The van der Waals surface area contributed by atoms with E-state index in [1.54, 1.807) is 25.2 Å². The van der Waals surface area contributed by atoms with Gasteiger partial charge >= 0.3 is 0 Å². The van der Waals surface area contributed by atoms with E-state index < -0.39 is 10.0 Å². The minimum atomic E-state index is -3.57. The van der Waals surface area contributed by atoms with Crippen LogP contribution in [-0.2, 0) is 16.6 Å². The zero-order valence-corrected chi connectivity index (χ0v) is 18.4. The van der Waals surface area contributed by atoms with Gasteiger partial charge in [0, 0.05) is 43.7 Å². The molecule has 0 spiro atoms. The van der Waals surface area contributed by atoms with Crippen LogP contribution in [0.4, 0.5) is 0 Å². The fraction of sp³-hybridized carbons (Fsp3) is 0.400. The molecule has 0 aliphatic carbocycles. The van der Waals surface area contributed by atoms with Crippen molar-refractivity contribution in [3.05, 3.63) is 52.4 Å². The van der Waals surface area contributed by atoms with E-state index in [0.717, 1.165) is 22.8 Å². The largest absolute Gasteiger partial charge is 0.360 e. The number of benzene rings is 1. The van der Waals surface area contributed by atoms with Crippen LogP contribution in [0.2, 0.25) is 0 Å². The van der Waals surface area contributed by atoms with Crippen molar-refractivity contribution in [3.8, 4) is 10.6 Å². The standard InChI is InChI=1S/C20H24N4O3S2/c1-14-4-6-17(7-5-14)20-21-18(13-28-20)12-23-8-10-24(11-9-23)29(25,26)19-15(2)22-27-16(19)3/h4-7,13H,8-12H2,1-3H3. The molecule has 0 amide bonds. The molecule has 0 bridgehead atoms. The van der Waals surface area contributed by atoms with E-state index in [1.165, 1.54) is 9.87 Å². The van der Waals surface area contributed by atoms with Crippen molar-refractivity contribution in [2.24, 2.45) is 0 Å². The Morgan fingerprint density at radius 2 is 1.76 bits per heavy atom. The molecule has 29 heavy (non-hydrogen) atoms. The van der Waals surface area contributed by atoms with Gasteiger partial charge in [0.2, 0.25) is 10.0 Å². The first-order valence-corrected chi connectivity index (χ1v) is 11.8. The molecule has 1 aliphatic heterocycles. The number of aryl methyl sites for hydroxylation is 3. The summed E-state index contributed by atoms with van der Waals surface area (Å²) in [5, 5.41) is 6.88. The third-order valence-electron chi connectivity index (χ3n) is 5.13. The number of thiazole rings is 1. The molecule has 0 unspecified atom stereocenters. The number of piperazine rings is 1. The second kappa shape index (κ2) is 7.98. The zero-order chi connectivity index (χ0) is 20.6. The first-order valence-electron chi connectivity index (χ1n) is 9.51. The minimum Gasteiger partial charge on any atom is -0.360 e. The average molecular weight is 433 g/mol. The summed E-state index contributed by atoms with van der Waals surface area (Å²) in [6, 6.07) is 8.37. The lowest BCUT2D eigenvalue weighted by molar-refractivity contribution is 0.180. The van der Waals surface area contributed by atoms with E-state index in [1.807, 2.05) is 0 Å². The van der Waals surface area contributed by atoms with Gasteiger partial charge < -0.3 is 4.52 Å². The van der Waals surface area contributed by atoms with Crippen LogP contribution in [0.1, 0.15) is 22.7 Å². The number of aromatic nitrogens is 2. The molecule has 9 heteroatoms. The van der Waals surface area contributed by atoms with Crippen molar-refractivity contribution >= 4 is 21.4 Å². The second-order valence-electron chi connectivity index (χ2n) is 7.34. The van der Waals surface area contributed by atoms with Crippen LogP contribution in [0.25, 0.3) is 10.6 Å². The van der Waals surface area contributed by atoms with Gasteiger partial charge in [0.15, 0.2) is 5.76 Å². The summed E-state index contributed by atoms with van der Waals surface area (Å²) in [5.74, 6) is 0.344. The molecule has 1 aliphatic rings. The summed E-state index contributed by atoms with van der Waals surface area (Å²) in [6.07, 6.45) is 0. The number of hydrogen-bond donors (Lipinski definition) is 0. The van der Waals surface area contributed by atoms with Crippen molar-refractivity contribution in [2.45, 2.75) is 32.2 Å². The maximum Gasteiger partial charge on any atom is 0.248 e. The molecule has 3 heterocycles. The van der Waals surface area contributed by atoms with Gasteiger partial charge in [-0.15, -0.1) is 11.3 Å². The molecule has 4 rings (SSSR count). The third kappa shape index (κ3) is 4.13. The first-order chi connectivity index (χ1) is 13.8. The predicted molar refractivity (Wildman–Crippen MR) is 112 cm³/mol. The average Bonchev–Trinajstić information content (AvgIpc) is 3.29. The molecule has 1 fully saturated rings. The van der Waals surface area contributed by atoms with Gasteiger partial charge in [-0.05, 0) is 20.8 Å². The maximum atomic E-state index is 12.9. The summed E-state index contributed by atoms with van der Waals surface area (Å²) in [4.78, 5) is 7.21. The molecule has 154 valence electrons. The van der Waals surface area contributed by atoms with Crippen LogP contribution in [0.3, 0.4) is 0 Å². The monoisotopic (exact) mass is 432 g/mol. The minimum absolute atomic E-state index is 0.202. The Kier molecular flexibility index (Phi) is 5.56. The zero-order valence-electron chi connectivity index (χ0n) is 16.8. The Balaban J connectivity index is 1.39. The molecular formula is C20H24N4O3S2. The van der Waals surface area contributed by atoms with Crippen LogP contribution in [0, 0.1) is 20.8 Å². The van der Waals surface area contributed by atoms with E-state index in [2.05, 4.69) is 46.6 Å². The molecule has 0 atom stereocenters. The number of nitrogens with zero attached hydrogens (tertiary/aromatic N) is 4. The van der Waals surface area contributed by atoms with E-state index >= 15 is 0 Å². The number of hydrogen-bond acceptors (Lipinski definition) is 7. The predicted octanol–water partition coefficient (Wildman–Crippen LogP) is 3.23. The van der Waals surface area contributed by atoms with Gasteiger partial charge in [-0.25, -0.2) is 13.4 Å². The van der Waals surface area contributed by atoms with Gasteiger partial charge in [0.05, 0.1) is 5.69 Å². The normalized spacial score (nSPS) is 16.4. The molecule has 3 aromatic rings. The van der Waals surface area contributed by atoms with Gasteiger partial charge in [-0.2, -0.15) is 4.31 Å². The molecule has 0 radical (unpaired) electrons. The van der Waals surface area contributed by atoms with E-state index in [-0.39, 0.29) is 4.90 Å². The first kappa shape index (κ1) is 20.2. The van der Waals surface area contributed by atoms with Gasteiger partial charge in [-0.3, -0.25) is 4.90 Å². The van der Waals surface area contributed by atoms with E-state index in [9.17, 15) is 8.42 Å². The lowest BCUT2D eigenvalue weighted by Crippen LogP contribution is -2.48. The molecule has 7 nitrogen and oxygen atoms in total. The van der Waals surface area contributed by atoms with Crippen molar-refractivity contribution in [3.63, 3.8) is 0 Å². The van der Waals surface area contributed by atoms with Crippen LogP contribution in [0.5, 0.6) is 0 Å². The fourth-order valence-corrected chi connectivity index (χ4v) is 6.07. The summed E-state index contributed by atoms with van der Waals surface area (Å²) in [6.45, 7) is 8.32. The van der Waals surface area contributed by atoms with E-state index in [4.69, 9.17) is 9.51 Å². The van der Waals surface area contributed by atoms with Crippen LogP contribution in [-0.4, -0.2) is 53.9 Å². The molecule has 2 aromatic heterocycles. The number of rotatable bonds is 5. The van der Waals surface area contributed by atoms with Crippen LogP contribution < -0.4 is 0 Å². The SMILES string of the molecule is Cc1ccc(-c2nc(CN3CCN(S(=O)(=O)c4c(C)noc4C)CC3)cs2)cc1. The Morgan fingerprint density at radius 1 is 1.07 bits per heavy atom. The van der Waals surface area contributed by atoms with E-state index in [0.29, 0.717) is 37.6 Å². The fourth-order valence-electron chi connectivity index (χ4n) is 3.54. The maximum absolute atomic E-state index is 12.9. The number of sulfonamides is 1. The Morgan fingerprint density at radius 3 is 2.38 bits per heavy atom. The van der Waals surface area contributed by atoms with Crippen molar-refractivity contribution in [1.82, 2.24) is 19.3 Å². The highest BCUT2D eigenvalue weighted by atomic mass is 32.2. The van der Waals surface area contributed by atoms with Crippen molar-refractivity contribution < 1.29 is 12.9 Å². The summed E-state index contributed by atoms with van der Waals surface area (Å²) in [7, 11) is -3.57. The highest BCUT2D eigenvalue weighted by Gasteiger charge is 2.33. The highest BCUT2D eigenvalue weighted by Crippen LogP contribution is 2.26. The Hall–Kier alpha value is -2.07. The van der Waals surface area contributed by atoms with Gasteiger partial charge in [0.1, 0.15) is 15.6 Å². The molecule has 0 saturated carbocycles. The molecule has 1 aromatic carbocycles. The van der Waals surface area contributed by atoms with Gasteiger partial charge in [0.25, 0.3) is 0 Å². The Labute approximate surface area is 175 Å². The topological polar surface area (TPSA) is 79.5 Å². The summed E-state index contributed by atoms with van der Waals surface area (Å²) in [5.41, 5.74) is 3.79. The second-order valence-corrected chi connectivity index (χ2v) is 10.1. The quantitative estimate of drug-likeness (QED) is 0.616. The Bertz CT molecular complexity index is 1080. The lowest BCUT2D eigenvalue weighted by atomic mass is 10.2. The molecule has 1 saturated heterocycles. The summed E-state index contributed by atoms with van der Waals surface area (Å²) < 4.78 is 32.4. The third-order valence-corrected chi connectivity index (χ3v) is 8.22. The van der Waals surface area contributed by atoms with Gasteiger partial charge in [-0.1, -0.05) is 35.0 Å². The van der Waals surface area contributed by atoms with Crippen LogP contribution >= 0.6 is 11.3 Å². The molecular weight excluding hydrogens is 408 g/mol.